The van der Waals surface area contributed by atoms with Crippen LogP contribution in [0.1, 0.15) is 17.4 Å². The summed E-state index contributed by atoms with van der Waals surface area (Å²) in [5.41, 5.74) is 1.14. The van der Waals surface area contributed by atoms with Crippen LogP contribution in [0.2, 0.25) is 0 Å². The van der Waals surface area contributed by atoms with Crippen molar-refractivity contribution in [2.24, 2.45) is 0 Å². The van der Waals surface area contributed by atoms with Gasteiger partial charge in [0.05, 0.1) is 12.6 Å². The molecule has 3 aromatic rings. The van der Waals surface area contributed by atoms with Crippen LogP contribution in [0.15, 0.2) is 61.2 Å². The molecule has 1 amide bonds. The first kappa shape index (κ1) is 13.8. The van der Waals surface area contributed by atoms with Gasteiger partial charge in [-0.3, -0.25) is 9.48 Å². The summed E-state index contributed by atoms with van der Waals surface area (Å²) in [7, 11) is 0. The fourth-order valence-corrected chi connectivity index (χ4v) is 3.05. The Bertz CT molecular complexity index is 794. The molecule has 2 aromatic heterocycles. The molecule has 0 radical (unpaired) electrons. The second-order valence-corrected chi connectivity index (χ2v) is 5.65. The van der Waals surface area contributed by atoms with E-state index < -0.39 is 0 Å². The van der Waals surface area contributed by atoms with E-state index in [1.165, 1.54) is 0 Å². The number of aromatic nitrogens is 4. The maximum atomic E-state index is 12.8. The van der Waals surface area contributed by atoms with Crippen molar-refractivity contribution in [2.75, 3.05) is 0 Å². The predicted octanol–water partition coefficient (Wildman–Crippen LogP) is 1.86. The summed E-state index contributed by atoms with van der Waals surface area (Å²) in [6.45, 7) is 1.49. The van der Waals surface area contributed by atoms with Crippen molar-refractivity contribution in [3.05, 3.63) is 72.6 Å². The van der Waals surface area contributed by atoms with E-state index in [9.17, 15) is 4.79 Å². The molecule has 4 rings (SSSR count). The summed E-state index contributed by atoms with van der Waals surface area (Å²) >= 11 is 0. The highest BCUT2D eigenvalue weighted by atomic mass is 16.2. The highest BCUT2D eigenvalue weighted by Crippen LogP contribution is 2.29. The van der Waals surface area contributed by atoms with Crippen molar-refractivity contribution in [3.63, 3.8) is 0 Å². The lowest BCUT2D eigenvalue weighted by Crippen LogP contribution is -2.42. The molecule has 3 heterocycles. The average molecular weight is 307 g/mol. The maximum Gasteiger partial charge on any atom is 0.245 e. The molecule has 1 aliphatic heterocycles. The minimum Gasteiger partial charge on any atom is -0.331 e. The lowest BCUT2D eigenvalue weighted by molar-refractivity contribution is -0.136. The van der Waals surface area contributed by atoms with Crippen LogP contribution in [0.25, 0.3) is 0 Å². The number of carbonyl (C=O) groups is 1. The van der Waals surface area contributed by atoms with Gasteiger partial charge in [0.1, 0.15) is 12.4 Å². The Morgan fingerprint density at radius 3 is 2.78 bits per heavy atom. The van der Waals surface area contributed by atoms with Crippen LogP contribution in [0.3, 0.4) is 0 Å². The van der Waals surface area contributed by atoms with E-state index in [1.54, 1.807) is 23.3 Å². The molecule has 1 aliphatic rings. The van der Waals surface area contributed by atoms with Gasteiger partial charge in [-0.1, -0.05) is 30.3 Å². The van der Waals surface area contributed by atoms with Crippen molar-refractivity contribution in [2.45, 2.75) is 25.7 Å². The molecule has 0 unspecified atom stereocenters. The Morgan fingerprint density at radius 1 is 1.13 bits per heavy atom. The Morgan fingerprint density at radius 2 is 2.00 bits per heavy atom. The standard InChI is InChI=1S/C17H17N5O/c23-17(13-21-9-4-7-19-21)22-12-16-18-8-10-20(16)11-15(22)14-5-2-1-3-6-14/h1-10,15H,11-13H2/t15-/m0/s1. The van der Waals surface area contributed by atoms with Crippen molar-refractivity contribution in [1.29, 1.82) is 0 Å². The Balaban J connectivity index is 1.65. The molecule has 0 saturated heterocycles. The molecule has 23 heavy (non-hydrogen) atoms. The Kier molecular flexibility index (Phi) is 3.42. The third-order valence-electron chi connectivity index (χ3n) is 4.22. The van der Waals surface area contributed by atoms with E-state index in [0.717, 1.165) is 17.9 Å². The number of rotatable bonds is 3. The zero-order valence-electron chi connectivity index (χ0n) is 12.6. The monoisotopic (exact) mass is 307 g/mol. The molecule has 0 N–H and O–H groups in total. The van der Waals surface area contributed by atoms with Crippen molar-refractivity contribution in [3.8, 4) is 0 Å². The summed E-state index contributed by atoms with van der Waals surface area (Å²) in [5.74, 6) is 0.975. The molecule has 0 aliphatic carbocycles. The summed E-state index contributed by atoms with van der Waals surface area (Å²) in [4.78, 5) is 19.1. The van der Waals surface area contributed by atoms with E-state index in [2.05, 4.69) is 26.8 Å². The number of nitrogens with zero attached hydrogens (tertiary/aromatic N) is 5. The highest BCUT2D eigenvalue weighted by molar-refractivity contribution is 5.76. The summed E-state index contributed by atoms with van der Waals surface area (Å²) < 4.78 is 3.78. The summed E-state index contributed by atoms with van der Waals surface area (Å²) in [5, 5.41) is 4.13. The second kappa shape index (κ2) is 5.72. The normalized spacial score (nSPS) is 17.0. The SMILES string of the molecule is O=C(Cn1cccn1)N1Cc2nccn2C[C@H]1c1ccccc1. The minimum atomic E-state index is 0.0148. The van der Waals surface area contributed by atoms with Gasteiger partial charge in [-0.25, -0.2) is 4.98 Å². The quantitative estimate of drug-likeness (QED) is 0.742. The van der Waals surface area contributed by atoms with Gasteiger partial charge in [0.15, 0.2) is 0 Å². The first-order chi connectivity index (χ1) is 11.3. The lowest BCUT2D eigenvalue weighted by atomic mass is 10.0. The van der Waals surface area contributed by atoms with Crippen molar-refractivity contribution >= 4 is 5.91 Å². The minimum absolute atomic E-state index is 0.0148. The van der Waals surface area contributed by atoms with E-state index >= 15 is 0 Å². The van der Waals surface area contributed by atoms with E-state index in [1.807, 2.05) is 35.4 Å². The number of hydrogen-bond donors (Lipinski definition) is 0. The maximum absolute atomic E-state index is 12.8. The smallest absolute Gasteiger partial charge is 0.245 e. The Hall–Kier alpha value is -2.89. The van der Waals surface area contributed by atoms with Gasteiger partial charge in [0.25, 0.3) is 0 Å². The highest BCUT2D eigenvalue weighted by Gasteiger charge is 2.31. The largest absolute Gasteiger partial charge is 0.331 e. The molecular weight excluding hydrogens is 290 g/mol. The number of carbonyl (C=O) groups excluding carboxylic acids is 1. The zero-order valence-corrected chi connectivity index (χ0v) is 12.6. The van der Waals surface area contributed by atoms with Gasteiger partial charge in [0, 0.05) is 31.3 Å². The van der Waals surface area contributed by atoms with Gasteiger partial charge in [-0.2, -0.15) is 5.10 Å². The van der Waals surface area contributed by atoms with E-state index in [4.69, 9.17) is 0 Å². The molecular formula is C17H17N5O. The van der Waals surface area contributed by atoms with E-state index in [-0.39, 0.29) is 18.5 Å². The number of imidazole rings is 1. The number of hydrogen-bond acceptors (Lipinski definition) is 3. The topological polar surface area (TPSA) is 56.0 Å². The molecule has 0 bridgehead atoms. The molecule has 6 nitrogen and oxygen atoms in total. The average Bonchev–Trinajstić information content (AvgIpc) is 3.25. The van der Waals surface area contributed by atoms with Crippen molar-refractivity contribution in [1.82, 2.24) is 24.2 Å². The fourth-order valence-electron chi connectivity index (χ4n) is 3.05. The van der Waals surface area contributed by atoms with Gasteiger partial charge in [-0.15, -0.1) is 0 Å². The zero-order chi connectivity index (χ0) is 15.6. The van der Waals surface area contributed by atoms with Crippen LogP contribution in [-0.4, -0.2) is 30.1 Å². The lowest BCUT2D eigenvalue weighted by Gasteiger charge is -2.36. The third kappa shape index (κ3) is 2.63. The second-order valence-electron chi connectivity index (χ2n) is 5.65. The number of fused-ring (bicyclic) bond motifs is 1. The first-order valence-electron chi connectivity index (χ1n) is 7.63. The van der Waals surface area contributed by atoms with Gasteiger partial charge in [0.2, 0.25) is 5.91 Å². The van der Waals surface area contributed by atoms with Crippen LogP contribution < -0.4 is 0 Å². The molecule has 1 atom stereocenters. The molecule has 116 valence electrons. The third-order valence-corrected chi connectivity index (χ3v) is 4.22. The molecule has 6 heteroatoms. The fraction of sp³-hybridized carbons (Fsp3) is 0.235. The Labute approximate surface area is 134 Å². The first-order valence-corrected chi connectivity index (χ1v) is 7.63. The predicted molar refractivity (Wildman–Crippen MR) is 84.2 cm³/mol. The molecule has 0 fully saturated rings. The van der Waals surface area contributed by atoms with Gasteiger partial charge >= 0.3 is 0 Å². The van der Waals surface area contributed by atoms with Crippen molar-refractivity contribution < 1.29 is 4.79 Å². The van der Waals surface area contributed by atoms with Crippen LogP contribution in [0, 0.1) is 0 Å². The summed E-state index contributed by atoms with van der Waals surface area (Å²) in [6.07, 6.45) is 7.25. The van der Waals surface area contributed by atoms with Crippen LogP contribution >= 0.6 is 0 Å². The molecule has 0 saturated carbocycles. The molecule has 1 aromatic carbocycles. The summed E-state index contributed by atoms with van der Waals surface area (Å²) in [6, 6.07) is 12.0. The van der Waals surface area contributed by atoms with Gasteiger partial charge < -0.3 is 9.47 Å². The van der Waals surface area contributed by atoms with Crippen LogP contribution in [0.5, 0.6) is 0 Å². The van der Waals surface area contributed by atoms with Crippen LogP contribution in [0.4, 0.5) is 0 Å². The molecule has 0 spiro atoms. The number of amides is 1. The van der Waals surface area contributed by atoms with E-state index in [0.29, 0.717) is 6.54 Å². The van der Waals surface area contributed by atoms with Gasteiger partial charge in [-0.05, 0) is 11.6 Å². The number of benzene rings is 1. The van der Waals surface area contributed by atoms with Crippen LogP contribution in [-0.2, 0) is 24.4 Å².